The van der Waals surface area contributed by atoms with E-state index in [0.29, 0.717) is 25.9 Å². The third-order valence-electron chi connectivity index (χ3n) is 4.14. The Labute approximate surface area is 149 Å². The molecule has 1 rings (SSSR count). The van der Waals surface area contributed by atoms with Crippen LogP contribution in [0.1, 0.15) is 40.0 Å². The first-order valence-corrected chi connectivity index (χ1v) is 8.73. The highest BCUT2D eigenvalue weighted by Crippen LogP contribution is 2.09. The van der Waals surface area contributed by atoms with Crippen LogP contribution in [0.3, 0.4) is 0 Å². The van der Waals surface area contributed by atoms with Gasteiger partial charge in [0.25, 0.3) is 5.91 Å². The fourth-order valence-electron chi connectivity index (χ4n) is 2.69. The molecule has 25 heavy (non-hydrogen) atoms. The maximum Gasteiger partial charge on any atom is 0.322 e. The molecule has 0 bridgehead atoms. The first-order valence-electron chi connectivity index (χ1n) is 8.73. The van der Waals surface area contributed by atoms with E-state index in [9.17, 15) is 14.4 Å². The SMILES string of the molecule is C=CCCN[C@H](C(=O)N[C@@H](C)C(=O)N1CCC[C@@H](C(=O)O)N1)C(C)C. The standard InChI is InChI=1S/C17H30N4O4/c1-5-6-9-18-14(11(2)3)15(22)19-12(4)16(23)21-10-7-8-13(20-21)17(24)25/h5,11-14,18,20H,1,6-10H2,2-4H3,(H,19,22)(H,24,25)/t12-,13-,14-/m0/s1. The lowest BCUT2D eigenvalue weighted by Crippen LogP contribution is -2.60. The van der Waals surface area contributed by atoms with Crippen molar-refractivity contribution in [3.8, 4) is 0 Å². The van der Waals surface area contributed by atoms with E-state index in [2.05, 4.69) is 22.6 Å². The number of carbonyl (C=O) groups excluding carboxylic acids is 2. The van der Waals surface area contributed by atoms with Crippen LogP contribution < -0.4 is 16.1 Å². The van der Waals surface area contributed by atoms with E-state index in [4.69, 9.17) is 5.11 Å². The van der Waals surface area contributed by atoms with Crippen LogP contribution in [0.5, 0.6) is 0 Å². The van der Waals surface area contributed by atoms with Crippen molar-refractivity contribution in [1.82, 2.24) is 21.1 Å². The van der Waals surface area contributed by atoms with Crippen molar-refractivity contribution in [2.24, 2.45) is 5.92 Å². The summed E-state index contributed by atoms with van der Waals surface area (Å²) < 4.78 is 0. The molecule has 1 aliphatic rings. The molecular weight excluding hydrogens is 324 g/mol. The topological polar surface area (TPSA) is 111 Å². The number of amides is 2. The van der Waals surface area contributed by atoms with Gasteiger partial charge in [0.05, 0.1) is 6.04 Å². The highest BCUT2D eigenvalue weighted by atomic mass is 16.4. The number of nitrogens with zero attached hydrogens (tertiary/aromatic N) is 1. The third kappa shape index (κ3) is 6.47. The maximum atomic E-state index is 12.5. The van der Waals surface area contributed by atoms with Crippen LogP contribution in [0.25, 0.3) is 0 Å². The highest BCUT2D eigenvalue weighted by Gasteiger charge is 2.31. The molecule has 0 spiro atoms. The smallest absolute Gasteiger partial charge is 0.322 e. The molecule has 1 saturated heterocycles. The van der Waals surface area contributed by atoms with Gasteiger partial charge in [-0.25, -0.2) is 5.43 Å². The number of hydrazine groups is 1. The number of hydrogen-bond acceptors (Lipinski definition) is 5. The molecule has 0 aliphatic carbocycles. The molecule has 0 aromatic heterocycles. The van der Waals surface area contributed by atoms with Gasteiger partial charge in [-0.05, 0) is 38.6 Å². The molecule has 3 atom stereocenters. The van der Waals surface area contributed by atoms with Crippen molar-refractivity contribution < 1.29 is 19.5 Å². The Kier molecular flexibility index (Phi) is 8.57. The lowest BCUT2D eigenvalue weighted by molar-refractivity contribution is -0.148. The van der Waals surface area contributed by atoms with E-state index in [0.717, 1.165) is 6.42 Å². The summed E-state index contributed by atoms with van der Waals surface area (Å²) in [6, 6.07) is -1.92. The van der Waals surface area contributed by atoms with Gasteiger partial charge in [0.15, 0.2) is 0 Å². The number of carboxylic acid groups (broad SMARTS) is 1. The molecule has 0 saturated carbocycles. The molecule has 142 valence electrons. The van der Waals surface area contributed by atoms with Crippen LogP contribution in [-0.2, 0) is 14.4 Å². The summed E-state index contributed by atoms with van der Waals surface area (Å²) in [6.45, 7) is 10.2. The molecule has 1 aliphatic heterocycles. The lowest BCUT2D eigenvalue weighted by Gasteiger charge is -2.34. The number of nitrogens with one attached hydrogen (secondary N) is 3. The van der Waals surface area contributed by atoms with Gasteiger partial charge in [-0.3, -0.25) is 19.4 Å². The average Bonchev–Trinajstić information content (AvgIpc) is 2.57. The van der Waals surface area contributed by atoms with E-state index in [1.54, 1.807) is 13.0 Å². The Morgan fingerprint density at radius 1 is 1.36 bits per heavy atom. The molecule has 0 radical (unpaired) electrons. The zero-order valence-electron chi connectivity index (χ0n) is 15.2. The van der Waals surface area contributed by atoms with Crippen LogP contribution in [0, 0.1) is 5.92 Å². The summed E-state index contributed by atoms with van der Waals surface area (Å²) >= 11 is 0. The van der Waals surface area contributed by atoms with Crippen molar-refractivity contribution in [1.29, 1.82) is 0 Å². The normalized spacial score (nSPS) is 20.0. The van der Waals surface area contributed by atoms with Crippen LogP contribution in [-0.4, -0.2) is 59.1 Å². The van der Waals surface area contributed by atoms with Crippen molar-refractivity contribution in [2.45, 2.75) is 58.2 Å². The van der Waals surface area contributed by atoms with Gasteiger partial charge >= 0.3 is 5.97 Å². The van der Waals surface area contributed by atoms with Gasteiger partial charge in [0.2, 0.25) is 5.91 Å². The minimum Gasteiger partial charge on any atom is -0.480 e. The number of aliphatic carboxylic acids is 1. The van der Waals surface area contributed by atoms with E-state index < -0.39 is 24.1 Å². The molecule has 1 fully saturated rings. The minimum absolute atomic E-state index is 0.0663. The third-order valence-corrected chi connectivity index (χ3v) is 4.14. The molecule has 0 aromatic carbocycles. The Balaban J connectivity index is 2.61. The van der Waals surface area contributed by atoms with Gasteiger partial charge in [0, 0.05) is 6.54 Å². The van der Waals surface area contributed by atoms with E-state index in [-0.39, 0.29) is 17.7 Å². The lowest BCUT2D eigenvalue weighted by atomic mass is 10.0. The van der Waals surface area contributed by atoms with E-state index in [1.165, 1.54) is 5.01 Å². The summed E-state index contributed by atoms with van der Waals surface area (Å²) in [5.41, 5.74) is 2.71. The Bertz CT molecular complexity index is 495. The number of carboxylic acids is 1. The fraction of sp³-hybridized carbons (Fsp3) is 0.706. The number of hydrogen-bond donors (Lipinski definition) is 4. The van der Waals surface area contributed by atoms with Gasteiger partial charge in [-0.1, -0.05) is 19.9 Å². The molecule has 8 heteroatoms. The van der Waals surface area contributed by atoms with Crippen LogP contribution >= 0.6 is 0 Å². The first-order chi connectivity index (χ1) is 11.8. The Morgan fingerprint density at radius 2 is 2.04 bits per heavy atom. The maximum absolute atomic E-state index is 12.5. The summed E-state index contributed by atoms with van der Waals surface area (Å²) in [4.78, 5) is 36.0. The molecule has 8 nitrogen and oxygen atoms in total. The van der Waals surface area contributed by atoms with E-state index >= 15 is 0 Å². The summed E-state index contributed by atoms with van der Waals surface area (Å²) in [6.07, 6.45) is 3.60. The number of carbonyl (C=O) groups is 3. The predicted molar refractivity (Wildman–Crippen MR) is 94.6 cm³/mol. The molecule has 2 amide bonds. The second kappa shape index (κ2) is 10.1. The van der Waals surface area contributed by atoms with Gasteiger partial charge < -0.3 is 15.7 Å². The largest absolute Gasteiger partial charge is 0.480 e. The van der Waals surface area contributed by atoms with Crippen LogP contribution in [0.4, 0.5) is 0 Å². The minimum atomic E-state index is -0.986. The van der Waals surface area contributed by atoms with E-state index in [1.807, 2.05) is 13.8 Å². The Hall–Kier alpha value is -1.93. The van der Waals surface area contributed by atoms with Crippen molar-refractivity contribution in [3.05, 3.63) is 12.7 Å². The summed E-state index contributed by atoms with van der Waals surface area (Å²) in [7, 11) is 0. The van der Waals surface area contributed by atoms with Gasteiger partial charge in [-0.15, -0.1) is 6.58 Å². The quantitative estimate of drug-likeness (QED) is 0.349. The zero-order valence-corrected chi connectivity index (χ0v) is 15.2. The van der Waals surface area contributed by atoms with Crippen molar-refractivity contribution in [2.75, 3.05) is 13.1 Å². The second-order valence-electron chi connectivity index (χ2n) is 6.64. The monoisotopic (exact) mass is 354 g/mol. The van der Waals surface area contributed by atoms with Gasteiger partial charge in [0.1, 0.15) is 12.1 Å². The number of rotatable bonds is 9. The predicted octanol–water partition coefficient (Wildman–Crippen LogP) is 0.262. The van der Waals surface area contributed by atoms with Crippen LogP contribution in [0.15, 0.2) is 12.7 Å². The second-order valence-corrected chi connectivity index (χ2v) is 6.64. The molecule has 0 unspecified atom stereocenters. The fourth-order valence-corrected chi connectivity index (χ4v) is 2.69. The van der Waals surface area contributed by atoms with Crippen LogP contribution in [0.2, 0.25) is 0 Å². The highest BCUT2D eigenvalue weighted by molar-refractivity contribution is 5.89. The van der Waals surface area contributed by atoms with Gasteiger partial charge in [-0.2, -0.15) is 0 Å². The summed E-state index contributed by atoms with van der Waals surface area (Å²) in [5.74, 6) is -1.50. The molecular formula is C17H30N4O4. The zero-order chi connectivity index (χ0) is 19.0. The molecule has 0 aromatic rings. The molecule has 1 heterocycles. The van der Waals surface area contributed by atoms with Crippen molar-refractivity contribution >= 4 is 17.8 Å². The first kappa shape index (κ1) is 21.1. The average molecular weight is 354 g/mol. The molecule has 4 N–H and O–H groups in total. The van der Waals surface area contributed by atoms with Crippen molar-refractivity contribution in [3.63, 3.8) is 0 Å². The summed E-state index contributed by atoms with van der Waals surface area (Å²) in [5, 5.41) is 16.3. The Morgan fingerprint density at radius 3 is 2.60 bits per heavy atom.